The van der Waals surface area contributed by atoms with Crippen molar-refractivity contribution in [3.05, 3.63) is 89.5 Å². The van der Waals surface area contributed by atoms with Gasteiger partial charge in [-0.25, -0.2) is 4.79 Å². The van der Waals surface area contributed by atoms with E-state index in [4.69, 9.17) is 5.11 Å². The Hall–Kier alpha value is -2.65. The van der Waals surface area contributed by atoms with Gasteiger partial charge >= 0.3 is 5.97 Å². The lowest BCUT2D eigenvalue weighted by molar-refractivity contribution is -0.131. The highest BCUT2D eigenvalue weighted by Gasteiger charge is 2.00. The Kier molecular flexibility index (Phi) is 6.99. The van der Waals surface area contributed by atoms with Crippen LogP contribution in [0.3, 0.4) is 0 Å². The van der Waals surface area contributed by atoms with E-state index in [0.717, 1.165) is 42.6 Å². The third-order valence-corrected chi connectivity index (χ3v) is 3.64. The molecule has 0 aromatic heterocycles. The fraction of sp³-hybridized carbons (Fsp3) is 0.190. The van der Waals surface area contributed by atoms with Crippen LogP contribution in [-0.2, 0) is 24.2 Å². The molecule has 2 N–H and O–H groups in total. The molecule has 0 fully saturated rings. The summed E-state index contributed by atoms with van der Waals surface area (Å²) in [6.07, 6.45) is 6.40. The molecule has 0 amide bonds. The van der Waals surface area contributed by atoms with Gasteiger partial charge in [0.2, 0.25) is 0 Å². The first-order valence-corrected chi connectivity index (χ1v) is 8.07. The average Bonchev–Trinajstić information content (AvgIpc) is 2.58. The SMILES string of the molecule is C=CCc1cc(/C=C/C(=O)O)cc(CNCCc2ccccc2)c1. The van der Waals surface area contributed by atoms with Crippen molar-refractivity contribution in [3.63, 3.8) is 0 Å². The van der Waals surface area contributed by atoms with Gasteiger partial charge in [0.05, 0.1) is 0 Å². The molecular weight excluding hydrogens is 298 g/mol. The molecule has 2 rings (SSSR count). The standard InChI is InChI=1S/C21H23NO2/c1-2-6-18-13-19(9-10-21(23)24)15-20(14-18)16-22-12-11-17-7-4-3-5-8-17/h2-5,7-10,13-15,22H,1,6,11-12,16H2,(H,23,24)/b10-9+. The first kappa shape index (κ1) is 17.7. The molecule has 2 aromatic rings. The normalized spacial score (nSPS) is 10.8. The summed E-state index contributed by atoms with van der Waals surface area (Å²) in [6, 6.07) is 16.5. The molecule has 124 valence electrons. The van der Waals surface area contributed by atoms with E-state index < -0.39 is 5.97 Å². The zero-order valence-corrected chi connectivity index (χ0v) is 13.7. The Labute approximate surface area is 143 Å². The van der Waals surface area contributed by atoms with Crippen LogP contribution in [0.5, 0.6) is 0 Å². The number of benzene rings is 2. The molecule has 24 heavy (non-hydrogen) atoms. The summed E-state index contributed by atoms with van der Waals surface area (Å²) in [4.78, 5) is 10.7. The van der Waals surface area contributed by atoms with Gasteiger partial charge in [0, 0.05) is 12.6 Å². The van der Waals surface area contributed by atoms with Gasteiger partial charge < -0.3 is 10.4 Å². The van der Waals surface area contributed by atoms with Gasteiger partial charge in [-0.15, -0.1) is 6.58 Å². The Morgan fingerprint density at radius 3 is 2.54 bits per heavy atom. The molecule has 0 saturated carbocycles. The second kappa shape index (κ2) is 9.48. The van der Waals surface area contributed by atoms with Crippen LogP contribution < -0.4 is 5.32 Å². The molecule has 0 radical (unpaired) electrons. The molecule has 3 heteroatoms. The van der Waals surface area contributed by atoms with E-state index >= 15 is 0 Å². The highest BCUT2D eigenvalue weighted by Crippen LogP contribution is 2.13. The maximum Gasteiger partial charge on any atom is 0.328 e. The van der Waals surface area contributed by atoms with Crippen molar-refractivity contribution in [2.24, 2.45) is 0 Å². The summed E-state index contributed by atoms with van der Waals surface area (Å²) in [7, 11) is 0. The van der Waals surface area contributed by atoms with Gasteiger partial charge in [-0.3, -0.25) is 0 Å². The molecule has 0 bridgehead atoms. The summed E-state index contributed by atoms with van der Waals surface area (Å²) < 4.78 is 0. The van der Waals surface area contributed by atoms with Gasteiger partial charge in [0.1, 0.15) is 0 Å². The lowest BCUT2D eigenvalue weighted by atomic mass is 10.0. The second-order valence-electron chi connectivity index (χ2n) is 5.66. The number of hydrogen-bond acceptors (Lipinski definition) is 2. The van der Waals surface area contributed by atoms with Gasteiger partial charge in [-0.05, 0) is 47.7 Å². The van der Waals surface area contributed by atoms with Crippen molar-refractivity contribution in [3.8, 4) is 0 Å². The number of allylic oxidation sites excluding steroid dienone is 1. The van der Waals surface area contributed by atoms with Crippen LogP contribution in [0.15, 0.2) is 67.3 Å². The summed E-state index contributed by atoms with van der Waals surface area (Å²) in [6.45, 7) is 5.43. The van der Waals surface area contributed by atoms with Crippen LogP contribution in [0.1, 0.15) is 22.3 Å². The van der Waals surface area contributed by atoms with E-state index in [1.165, 1.54) is 11.6 Å². The van der Waals surface area contributed by atoms with Gasteiger partial charge in [0.25, 0.3) is 0 Å². The second-order valence-corrected chi connectivity index (χ2v) is 5.66. The number of nitrogens with one attached hydrogen (secondary N) is 1. The van der Waals surface area contributed by atoms with Gasteiger partial charge in [-0.1, -0.05) is 54.6 Å². The number of carboxylic acids is 1. The third-order valence-electron chi connectivity index (χ3n) is 3.64. The smallest absolute Gasteiger partial charge is 0.328 e. The summed E-state index contributed by atoms with van der Waals surface area (Å²) in [5.74, 6) is -0.938. The van der Waals surface area contributed by atoms with Gasteiger partial charge in [0.15, 0.2) is 0 Å². The summed E-state index contributed by atoms with van der Waals surface area (Å²) in [5.41, 5.74) is 4.50. The summed E-state index contributed by atoms with van der Waals surface area (Å²) >= 11 is 0. The zero-order valence-electron chi connectivity index (χ0n) is 13.7. The Morgan fingerprint density at radius 2 is 1.83 bits per heavy atom. The summed E-state index contributed by atoms with van der Waals surface area (Å²) in [5, 5.41) is 12.2. The number of aliphatic carboxylic acids is 1. The van der Waals surface area contributed by atoms with Crippen LogP contribution in [0.2, 0.25) is 0 Å². The topological polar surface area (TPSA) is 49.3 Å². The Balaban J connectivity index is 1.97. The first-order chi connectivity index (χ1) is 11.7. The lowest BCUT2D eigenvalue weighted by Gasteiger charge is -2.09. The van der Waals surface area contributed by atoms with E-state index in [1.807, 2.05) is 24.3 Å². The van der Waals surface area contributed by atoms with Crippen molar-refractivity contribution in [1.29, 1.82) is 0 Å². The highest BCUT2D eigenvalue weighted by atomic mass is 16.4. The van der Waals surface area contributed by atoms with Crippen molar-refractivity contribution >= 4 is 12.0 Å². The third kappa shape index (κ3) is 6.23. The largest absolute Gasteiger partial charge is 0.478 e. The van der Waals surface area contributed by atoms with Crippen LogP contribution in [-0.4, -0.2) is 17.6 Å². The van der Waals surface area contributed by atoms with Crippen LogP contribution in [0.25, 0.3) is 6.08 Å². The molecule has 0 aliphatic rings. The van der Waals surface area contributed by atoms with E-state index in [1.54, 1.807) is 6.08 Å². The average molecular weight is 321 g/mol. The lowest BCUT2D eigenvalue weighted by Crippen LogP contribution is -2.16. The number of carboxylic acid groups (broad SMARTS) is 1. The molecule has 3 nitrogen and oxygen atoms in total. The van der Waals surface area contributed by atoms with E-state index in [0.29, 0.717) is 0 Å². The minimum atomic E-state index is -0.938. The van der Waals surface area contributed by atoms with E-state index in [2.05, 4.69) is 42.2 Å². The molecule has 0 spiro atoms. The molecular formula is C21H23NO2. The number of rotatable bonds is 9. The fourth-order valence-corrected chi connectivity index (χ4v) is 2.55. The number of hydrogen-bond donors (Lipinski definition) is 2. The molecule has 0 unspecified atom stereocenters. The maximum atomic E-state index is 10.7. The van der Waals surface area contributed by atoms with Crippen LogP contribution in [0, 0.1) is 0 Å². The van der Waals surface area contributed by atoms with Crippen LogP contribution in [0.4, 0.5) is 0 Å². The fourth-order valence-electron chi connectivity index (χ4n) is 2.55. The van der Waals surface area contributed by atoms with E-state index in [-0.39, 0.29) is 0 Å². The van der Waals surface area contributed by atoms with Crippen molar-refractivity contribution in [2.45, 2.75) is 19.4 Å². The van der Waals surface area contributed by atoms with Crippen LogP contribution >= 0.6 is 0 Å². The molecule has 0 aliphatic heterocycles. The quantitative estimate of drug-likeness (QED) is 0.419. The zero-order chi connectivity index (χ0) is 17.2. The molecule has 2 aromatic carbocycles. The predicted molar refractivity (Wildman–Crippen MR) is 98.9 cm³/mol. The Bertz CT molecular complexity index is 705. The first-order valence-electron chi connectivity index (χ1n) is 8.07. The van der Waals surface area contributed by atoms with Crippen molar-refractivity contribution < 1.29 is 9.90 Å². The van der Waals surface area contributed by atoms with Gasteiger partial charge in [-0.2, -0.15) is 0 Å². The molecule has 0 saturated heterocycles. The molecule has 0 heterocycles. The monoisotopic (exact) mass is 321 g/mol. The highest BCUT2D eigenvalue weighted by molar-refractivity contribution is 5.85. The van der Waals surface area contributed by atoms with Crippen molar-refractivity contribution in [1.82, 2.24) is 5.32 Å². The predicted octanol–water partition coefficient (Wildman–Crippen LogP) is 3.85. The molecule has 0 aliphatic carbocycles. The molecule has 0 atom stereocenters. The van der Waals surface area contributed by atoms with Crippen molar-refractivity contribution in [2.75, 3.05) is 6.54 Å². The maximum absolute atomic E-state index is 10.7. The Morgan fingerprint density at radius 1 is 1.08 bits per heavy atom. The van der Waals surface area contributed by atoms with E-state index in [9.17, 15) is 4.79 Å². The minimum Gasteiger partial charge on any atom is -0.478 e. The number of carbonyl (C=O) groups is 1. The minimum absolute atomic E-state index is 0.756.